The van der Waals surface area contributed by atoms with E-state index in [1.807, 2.05) is 49.4 Å². The van der Waals surface area contributed by atoms with Gasteiger partial charge in [-0.05, 0) is 24.1 Å². The van der Waals surface area contributed by atoms with Gasteiger partial charge in [0.2, 0.25) is 11.8 Å². The average molecular weight is 359 g/mol. The van der Waals surface area contributed by atoms with Gasteiger partial charge in [0.25, 0.3) is 0 Å². The van der Waals surface area contributed by atoms with Crippen LogP contribution in [0.4, 0.5) is 0 Å². The van der Waals surface area contributed by atoms with E-state index in [-0.39, 0.29) is 18.2 Å². The van der Waals surface area contributed by atoms with Gasteiger partial charge in [-0.1, -0.05) is 59.6 Å². The Labute approximate surface area is 153 Å². The summed E-state index contributed by atoms with van der Waals surface area (Å²) in [6, 6.07) is 15.4. The van der Waals surface area contributed by atoms with Crippen molar-refractivity contribution in [3.8, 4) is 0 Å². The van der Waals surface area contributed by atoms with Crippen molar-refractivity contribution in [2.45, 2.75) is 33.4 Å². The normalized spacial score (nSPS) is 10.4. The van der Waals surface area contributed by atoms with Gasteiger partial charge in [0.05, 0.1) is 0 Å². The summed E-state index contributed by atoms with van der Waals surface area (Å²) in [5.41, 5.74) is 3.12. The molecule has 25 heavy (non-hydrogen) atoms. The average Bonchev–Trinajstić information content (AvgIpc) is 2.59. The highest BCUT2D eigenvalue weighted by Gasteiger charge is 2.13. The highest BCUT2D eigenvalue weighted by atomic mass is 35.5. The molecule has 0 saturated heterocycles. The van der Waals surface area contributed by atoms with Crippen molar-refractivity contribution >= 4 is 23.4 Å². The van der Waals surface area contributed by atoms with Crippen molar-refractivity contribution in [3.05, 3.63) is 70.2 Å². The Hall–Kier alpha value is -2.33. The molecule has 2 aromatic carbocycles. The third kappa shape index (κ3) is 6.24. The van der Waals surface area contributed by atoms with Gasteiger partial charge >= 0.3 is 0 Å². The summed E-state index contributed by atoms with van der Waals surface area (Å²) < 4.78 is 0. The predicted molar refractivity (Wildman–Crippen MR) is 100 cm³/mol. The molecule has 0 aliphatic rings. The summed E-state index contributed by atoms with van der Waals surface area (Å²) in [5, 5.41) is 3.51. The number of carbonyl (C=O) groups is 2. The maximum absolute atomic E-state index is 12.1. The van der Waals surface area contributed by atoms with Gasteiger partial charge in [0, 0.05) is 38.0 Å². The van der Waals surface area contributed by atoms with Crippen molar-refractivity contribution in [1.82, 2.24) is 10.2 Å². The van der Waals surface area contributed by atoms with Crippen LogP contribution in [0.15, 0.2) is 48.5 Å². The van der Waals surface area contributed by atoms with Gasteiger partial charge in [0.15, 0.2) is 0 Å². The molecular weight excluding hydrogens is 336 g/mol. The highest BCUT2D eigenvalue weighted by Crippen LogP contribution is 2.17. The second kappa shape index (κ2) is 9.23. The largest absolute Gasteiger partial charge is 0.352 e. The number of halogens is 1. The zero-order chi connectivity index (χ0) is 18.2. The van der Waals surface area contributed by atoms with E-state index in [2.05, 4.69) is 5.32 Å². The first kappa shape index (κ1) is 19.0. The molecule has 0 aromatic heterocycles. The molecule has 0 heterocycles. The standard InChI is InChI=1S/C20H23ClN2O2/c1-15-7-9-17(10-8-15)13-22-20(25)11-12-23(16(2)24)14-18-5-3-4-6-19(18)21/h3-10H,11-14H2,1-2H3,(H,22,25). The quantitative estimate of drug-likeness (QED) is 0.820. The van der Waals surface area contributed by atoms with Crippen LogP contribution in [0.1, 0.15) is 30.0 Å². The number of nitrogens with zero attached hydrogens (tertiary/aromatic N) is 1. The summed E-state index contributed by atoms with van der Waals surface area (Å²) in [5.74, 6) is -0.155. The van der Waals surface area contributed by atoms with Crippen LogP contribution in [-0.4, -0.2) is 23.3 Å². The molecule has 132 valence electrons. The topological polar surface area (TPSA) is 49.4 Å². The van der Waals surface area contributed by atoms with Crippen LogP contribution in [0.25, 0.3) is 0 Å². The third-order valence-corrected chi connectivity index (χ3v) is 4.35. The molecule has 0 aliphatic heterocycles. The van der Waals surface area contributed by atoms with Crippen molar-refractivity contribution in [2.24, 2.45) is 0 Å². The van der Waals surface area contributed by atoms with E-state index in [4.69, 9.17) is 11.6 Å². The smallest absolute Gasteiger partial charge is 0.222 e. The summed E-state index contributed by atoms with van der Waals surface area (Å²) in [7, 11) is 0. The molecule has 1 N–H and O–H groups in total. The lowest BCUT2D eigenvalue weighted by Gasteiger charge is -2.21. The number of hydrogen-bond donors (Lipinski definition) is 1. The van der Waals surface area contributed by atoms with Gasteiger partial charge in [-0.3, -0.25) is 9.59 Å². The number of carbonyl (C=O) groups excluding carboxylic acids is 2. The summed E-state index contributed by atoms with van der Waals surface area (Å²) in [6.45, 7) is 4.78. The molecule has 0 saturated carbocycles. The van der Waals surface area contributed by atoms with Crippen LogP contribution < -0.4 is 5.32 Å². The summed E-state index contributed by atoms with van der Waals surface area (Å²) in [4.78, 5) is 25.5. The van der Waals surface area contributed by atoms with Gasteiger partial charge in [-0.2, -0.15) is 0 Å². The molecule has 0 radical (unpaired) electrons. The molecule has 0 spiro atoms. The van der Waals surface area contributed by atoms with Crippen molar-refractivity contribution in [2.75, 3.05) is 6.54 Å². The van der Waals surface area contributed by atoms with E-state index < -0.39 is 0 Å². The lowest BCUT2D eigenvalue weighted by atomic mass is 10.1. The molecule has 5 heteroatoms. The highest BCUT2D eigenvalue weighted by molar-refractivity contribution is 6.31. The molecule has 2 amide bonds. The van der Waals surface area contributed by atoms with Crippen molar-refractivity contribution in [1.29, 1.82) is 0 Å². The second-order valence-electron chi connectivity index (χ2n) is 6.04. The molecular formula is C20H23ClN2O2. The fourth-order valence-electron chi connectivity index (χ4n) is 2.41. The molecule has 2 rings (SSSR count). The number of hydrogen-bond acceptors (Lipinski definition) is 2. The molecule has 0 atom stereocenters. The molecule has 2 aromatic rings. The van der Waals surface area contributed by atoms with Crippen LogP contribution >= 0.6 is 11.6 Å². The third-order valence-electron chi connectivity index (χ3n) is 3.98. The van der Waals surface area contributed by atoms with Gasteiger partial charge in [-0.15, -0.1) is 0 Å². The fraction of sp³-hybridized carbons (Fsp3) is 0.300. The van der Waals surface area contributed by atoms with E-state index in [0.29, 0.717) is 24.7 Å². The Kier molecular flexibility index (Phi) is 7.02. The maximum Gasteiger partial charge on any atom is 0.222 e. The molecule has 0 fully saturated rings. The van der Waals surface area contributed by atoms with Crippen molar-refractivity contribution in [3.63, 3.8) is 0 Å². The number of aryl methyl sites for hydroxylation is 1. The molecule has 0 aliphatic carbocycles. The minimum atomic E-state index is -0.0778. The Morgan fingerprint density at radius 2 is 1.76 bits per heavy atom. The van der Waals surface area contributed by atoms with E-state index in [9.17, 15) is 9.59 Å². The Bertz CT molecular complexity index is 729. The number of benzene rings is 2. The Balaban J connectivity index is 1.83. The number of nitrogens with one attached hydrogen (secondary N) is 1. The first-order valence-electron chi connectivity index (χ1n) is 8.27. The molecule has 0 bridgehead atoms. The van der Waals surface area contributed by atoms with E-state index in [1.165, 1.54) is 12.5 Å². The zero-order valence-corrected chi connectivity index (χ0v) is 15.3. The maximum atomic E-state index is 12.1. The van der Waals surface area contributed by atoms with Crippen LogP contribution in [-0.2, 0) is 22.7 Å². The Morgan fingerprint density at radius 1 is 1.08 bits per heavy atom. The van der Waals surface area contributed by atoms with E-state index >= 15 is 0 Å². The van der Waals surface area contributed by atoms with Gasteiger partial charge in [0.1, 0.15) is 0 Å². The van der Waals surface area contributed by atoms with Crippen LogP contribution in [0.3, 0.4) is 0 Å². The van der Waals surface area contributed by atoms with Crippen LogP contribution in [0, 0.1) is 6.92 Å². The minimum Gasteiger partial charge on any atom is -0.352 e. The van der Waals surface area contributed by atoms with Crippen molar-refractivity contribution < 1.29 is 9.59 Å². The predicted octanol–water partition coefficient (Wildman–Crippen LogP) is 3.70. The molecule has 0 unspecified atom stereocenters. The monoisotopic (exact) mass is 358 g/mol. The van der Waals surface area contributed by atoms with E-state index in [0.717, 1.165) is 11.1 Å². The SMILES string of the molecule is CC(=O)N(CCC(=O)NCc1ccc(C)cc1)Cc1ccccc1Cl. The summed E-state index contributed by atoms with van der Waals surface area (Å²) >= 11 is 6.15. The summed E-state index contributed by atoms with van der Waals surface area (Å²) in [6.07, 6.45) is 0.260. The van der Waals surface area contributed by atoms with Gasteiger partial charge in [-0.25, -0.2) is 0 Å². The lowest BCUT2D eigenvalue weighted by Crippen LogP contribution is -2.33. The van der Waals surface area contributed by atoms with Gasteiger partial charge < -0.3 is 10.2 Å². The first-order valence-corrected chi connectivity index (χ1v) is 8.64. The minimum absolute atomic E-state index is 0.0775. The zero-order valence-electron chi connectivity index (χ0n) is 14.6. The lowest BCUT2D eigenvalue weighted by molar-refractivity contribution is -0.130. The second-order valence-corrected chi connectivity index (χ2v) is 6.45. The fourth-order valence-corrected chi connectivity index (χ4v) is 2.61. The first-order chi connectivity index (χ1) is 12.0. The Morgan fingerprint density at radius 3 is 2.40 bits per heavy atom. The van der Waals surface area contributed by atoms with Crippen LogP contribution in [0.5, 0.6) is 0 Å². The number of amides is 2. The van der Waals surface area contributed by atoms with E-state index in [1.54, 1.807) is 11.0 Å². The number of rotatable bonds is 7. The van der Waals surface area contributed by atoms with Crippen LogP contribution in [0.2, 0.25) is 5.02 Å². The molecule has 4 nitrogen and oxygen atoms in total.